The van der Waals surface area contributed by atoms with Crippen molar-refractivity contribution in [2.24, 2.45) is 5.73 Å². The second-order valence-corrected chi connectivity index (χ2v) is 7.57. The lowest BCUT2D eigenvalue weighted by atomic mass is 9.99. The predicted octanol–water partition coefficient (Wildman–Crippen LogP) is 2.54. The average Bonchev–Trinajstić information content (AvgIpc) is 3.11. The summed E-state index contributed by atoms with van der Waals surface area (Å²) in [6.07, 6.45) is 2.01. The number of halogens is 3. The summed E-state index contributed by atoms with van der Waals surface area (Å²) >= 11 is 0. The third-order valence-electron chi connectivity index (χ3n) is 5.26. The molecular formula is C20H20F3N7O. The summed E-state index contributed by atoms with van der Waals surface area (Å²) in [4.78, 5) is 26.5. The van der Waals surface area contributed by atoms with Crippen LogP contribution in [0.25, 0.3) is 11.3 Å². The summed E-state index contributed by atoms with van der Waals surface area (Å²) in [5.74, 6) is -1.80. The molecule has 0 unspecified atom stereocenters. The van der Waals surface area contributed by atoms with Crippen LogP contribution in [0.1, 0.15) is 19.7 Å². The van der Waals surface area contributed by atoms with Crippen molar-refractivity contribution in [2.45, 2.75) is 25.9 Å². The zero-order valence-corrected chi connectivity index (χ0v) is 16.9. The predicted molar refractivity (Wildman–Crippen MR) is 107 cm³/mol. The van der Waals surface area contributed by atoms with Crippen LogP contribution >= 0.6 is 0 Å². The quantitative estimate of drug-likeness (QED) is 0.658. The number of aromatic nitrogens is 4. The molecule has 31 heavy (non-hydrogen) atoms. The minimum absolute atomic E-state index is 0.103. The van der Waals surface area contributed by atoms with Crippen molar-refractivity contribution in [1.29, 1.82) is 0 Å². The molecule has 0 fully saturated rings. The van der Waals surface area contributed by atoms with E-state index in [-0.39, 0.29) is 18.4 Å². The molecule has 0 radical (unpaired) electrons. The fourth-order valence-corrected chi connectivity index (χ4v) is 3.74. The Balaban J connectivity index is 1.88. The molecule has 1 aliphatic heterocycles. The molecule has 0 saturated heterocycles. The second-order valence-electron chi connectivity index (χ2n) is 7.57. The number of fused-ring (bicyclic) bond motifs is 1. The number of hydrogen-bond acceptors (Lipinski definition) is 6. The zero-order chi connectivity index (χ0) is 22.3. The van der Waals surface area contributed by atoms with Gasteiger partial charge in [-0.1, -0.05) is 0 Å². The number of nitrogens with one attached hydrogen (secondary N) is 1. The first-order chi connectivity index (χ1) is 14.7. The Morgan fingerprint density at radius 3 is 2.52 bits per heavy atom. The van der Waals surface area contributed by atoms with Crippen molar-refractivity contribution in [3.05, 3.63) is 53.9 Å². The van der Waals surface area contributed by atoms with Crippen LogP contribution in [-0.2, 0) is 16.9 Å². The number of carbonyl (C=O) groups is 1. The largest absolute Gasteiger partial charge is 0.327 e. The maximum atomic E-state index is 14.0. The van der Waals surface area contributed by atoms with Gasteiger partial charge in [0.1, 0.15) is 17.3 Å². The topological polar surface area (TPSA) is 102 Å². The molecule has 0 aliphatic carbocycles. The van der Waals surface area contributed by atoms with Crippen LogP contribution in [0.5, 0.6) is 0 Å². The molecule has 1 aromatic carbocycles. The smallest absolute Gasteiger partial charge is 0.237 e. The van der Waals surface area contributed by atoms with Crippen LogP contribution in [0.4, 0.5) is 24.9 Å². The first kappa shape index (κ1) is 20.8. The van der Waals surface area contributed by atoms with Gasteiger partial charge < -0.3 is 20.5 Å². The highest BCUT2D eigenvalue weighted by atomic mass is 19.2. The van der Waals surface area contributed by atoms with Gasteiger partial charge in [0.15, 0.2) is 17.5 Å². The van der Waals surface area contributed by atoms with Crippen molar-refractivity contribution in [3.8, 4) is 11.3 Å². The van der Waals surface area contributed by atoms with Crippen molar-refractivity contribution >= 4 is 17.7 Å². The Morgan fingerprint density at radius 1 is 1.16 bits per heavy atom. The van der Waals surface area contributed by atoms with Crippen LogP contribution in [0.15, 0.2) is 30.6 Å². The Labute approximate surface area is 175 Å². The van der Waals surface area contributed by atoms with E-state index < -0.39 is 23.0 Å². The highest BCUT2D eigenvalue weighted by Gasteiger charge is 2.41. The van der Waals surface area contributed by atoms with Crippen LogP contribution in [0, 0.1) is 17.5 Å². The Morgan fingerprint density at radius 2 is 1.87 bits per heavy atom. The summed E-state index contributed by atoms with van der Waals surface area (Å²) < 4.78 is 42.5. The number of nitrogens with zero attached hydrogens (tertiary/aromatic N) is 5. The van der Waals surface area contributed by atoms with Gasteiger partial charge in [-0.2, -0.15) is 0 Å². The Bertz CT molecular complexity index is 1140. The highest BCUT2D eigenvalue weighted by Crippen LogP contribution is 2.39. The van der Waals surface area contributed by atoms with Crippen molar-refractivity contribution in [1.82, 2.24) is 24.4 Å². The molecule has 2 aromatic heterocycles. The molecule has 1 amide bonds. The van der Waals surface area contributed by atoms with Gasteiger partial charge in [-0.25, -0.2) is 28.1 Å². The Hall–Kier alpha value is -3.47. The van der Waals surface area contributed by atoms with E-state index in [2.05, 4.69) is 20.3 Å². The SMILES string of the molecule is CC1(C)c2nc(-c3ccc(F)c(F)c3)c(Nc3ncc(F)cn3)n2CCN1C(=O)CN. The third kappa shape index (κ3) is 3.61. The van der Waals surface area contributed by atoms with E-state index in [1.54, 1.807) is 4.90 Å². The fraction of sp³-hybridized carbons (Fsp3) is 0.300. The lowest BCUT2D eigenvalue weighted by Crippen LogP contribution is -2.53. The van der Waals surface area contributed by atoms with Gasteiger partial charge in [0, 0.05) is 18.7 Å². The minimum Gasteiger partial charge on any atom is -0.327 e. The lowest BCUT2D eigenvalue weighted by Gasteiger charge is -2.42. The molecule has 0 atom stereocenters. The fourth-order valence-electron chi connectivity index (χ4n) is 3.74. The molecule has 1 aliphatic rings. The van der Waals surface area contributed by atoms with Gasteiger partial charge in [0.25, 0.3) is 0 Å². The number of amides is 1. The van der Waals surface area contributed by atoms with Gasteiger partial charge in [-0.3, -0.25) is 4.79 Å². The minimum atomic E-state index is -1.02. The lowest BCUT2D eigenvalue weighted by molar-refractivity contribution is -0.137. The second kappa shape index (κ2) is 7.65. The maximum Gasteiger partial charge on any atom is 0.237 e. The van der Waals surface area contributed by atoms with E-state index in [0.717, 1.165) is 24.5 Å². The monoisotopic (exact) mass is 431 g/mol. The summed E-state index contributed by atoms with van der Waals surface area (Å²) in [5.41, 5.74) is 5.37. The normalized spacial score (nSPS) is 15.0. The van der Waals surface area contributed by atoms with E-state index in [1.165, 1.54) is 6.07 Å². The molecule has 4 rings (SSSR count). The van der Waals surface area contributed by atoms with E-state index in [1.807, 2.05) is 18.4 Å². The van der Waals surface area contributed by atoms with Crippen LogP contribution in [0.3, 0.4) is 0 Å². The zero-order valence-electron chi connectivity index (χ0n) is 16.9. The molecule has 3 aromatic rings. The number of nitrogens with two attached hydrogens (primary N) is 1. The summed E-state index contributed by atoms with van der Waals surface area (Å²) in [6, 6.07) is 3.45. The molecule has 162 valence electrons. The number of rotatable bonds is 4. The van der Waals surface area contributed by atoms with E-state index in [4.69, 9.17) is 5.73 Å². The van der Waals surface area contributed by atoms with Gasteiger partial charge in [0.05, 0.1) is 24.5 Å². The number of anilines is 2. The third-order valence-corrected chi connectivity index (χ3v) is 5.26. The van der Waals surface area contributed by atoms with E-state index >= 15 is 0 Å². The number of carbonyl (C=O) groups excluding carboxylic acids is 1. The summed E-state index contributed by atoms with van der Waals surface area (Å²) in [7, 11) is 0. The molecule has 0 bridgehead atoms. The number of imidazole rings is 1. The Kier molecular flexibility index (Phi) is 5.13. The van der Waals surface area contributed by atoms with Crippen LogP contribution in [-0.4, -0.2) is 43.4 Å². The first-order valence-electron chi connectivity index (χ1n) is 9.54. The van der Waals surface area contributed by atoms with E-state index in [9.17, 15) is 18.0 Å². The van der Waals surface area contributed by atoms with Crippen molar-refractivity contribution < 1.29 is 18.0 Å². The molecule has 8 nitrogen and oxygen atoms in total. The maximum absolute atomic E-state index is 14.0. The number of benzene rings is 1. The highest BCUT2D eigenvalue weighted by molar-refractivity contribution is 5.80. The summed E-state index contributed by atoms with van der Waals surface area (Å²) in [6.45, 7) is 4.24. The van der Waals surface area contributed by atoms with E-state index in [0.29, 0.717) is 36.0 Å². The van der Waals surface area contributed by atoms with Gasteiger partial charge in [-0.15, -0.1) is 0 Å². The standard InChI is InChI=1S/C20H20F3N7O/c1-20(2)18-27-16(11-3-4-13(22)14(23)7-11)17(28-19-25-9-12(21)10-26-19)29(18)5-6-30(20)15(31)8-24/h3-4,7,9-10H,5-6,8,24H2,1-2H3,(H,25,26,28). The molecule has 0 spiro atoms. The van der Waals surface area contributed by atoms with Crippen LogP contribution < -0.4 is 11.1 Å². The average molecular weight is 431 g/mol. The van der Waals surface area contributed by atoms with Gasteiger partial charge >= 0.3 is 0 Å². The number of hydrogen-bond donors (Lipinski definition) is 2. The van der Waals surface area contributed by atoms with Crippen molar-refractivity contribution in [3.63, 3.8) is 0 Å². The summed E-state index contributed by atoms with van der Waals surface area (Å²) in [5, 5.41) is 3.00. The molecule has 11 heteroatoms. The van der Waals surface area contributed by atoms with Crippen LogP contribution in [0.2, 0.25) is 0 Å². The molecule has 3 heterocycles. The van der Waals surface area contributed by atoms with Gasteiger partial charge in [-0.05, 0) is 32.0 Å². The van der Waals surface area contributed by atoms with Crippen molar-refractivity contribution in [2.75, 3.05) is 18.4 Å². The van der Waals surface area contributed by atoms with Gasteiger partial charge in [0.2, 0.25) is 11.9 Å². The molecule has 0 saturated carbocycles. The molecular weight excluding hydrogens is 411 g/mol. The first-order valence-corrected chi connectivity index (χ1v) is 9.54. The molecule has 3 N–H and O–H groups in total.